The van der Waals surface area contributed by atoms with Crippen molar-refractivity contribution in [3.8, 4) is 22.6 Å². The molecule has 4 saturated carbocycles. The summed E-state index contributed by atoms with van der Waals surface area (Å²) in [5, 5.41) is 64.6. The first kappa shape index (κ1) is 71.3. The van der Waals surface area contributed by atoms with E-state index in [1.54, 1.807) is 25.4 Å². The molecule has 0 radical (unpaired) electrons. The summed E-state index contributed by atoms with van der Waals surface area (Å²) >= 11 is 1.39. The van der Waals surface area contributed by atoms with Crippen LogP contribution >= 0.6 is 11.3 Å². The van der Waals surface area contributed by atoms with Crippen LogP contribution in [0.25, 0.3) is 21.3 Å². The lowest BCUT2D eigenvalue weighted by molar-refractivity contribution is -0.271. The predicted molar refractivity (Wildman–Crippen MR) is 358 cm³/mol. The average Bonchev–Trinajstić information content (AvgIpc) is 1.47. The van der Waals surface area contributed by atoms with E-state index in [-0.39, 0.29) is 90.8 Å². The lowest BCUT2D eigenvalue weighted by atomic mass is 9.69. The number of aliphatic carboxylic acids is 1. The Labute approximate surface area is 582 Å². The van der Waals surface area contributed by atoms with Gasteiger partial charge in [-0.3, -0.25) is 43.4 Å². The SMILES string of the molecule is Cc1c(-c2ccc(N3CCc4cccc(C(=O)Nc5nc6ccccc6s5)c4C3)nc2C(=O)O)cnn1CC12CC3(C)CC1(C)CC3(OCCN(C)C(=O)OCc1ccc(O[C@@H]3O[C@H](C(=O)O)[C@@H](O)[C@H](O)[C@H]3O)cc1OCCCNC(=O)[C@H](CS(=O)(=O)O)NC(=O)CCN1C(=O)C=CC1=O)C2. The summed E-state index contributed by atoms with van der Waals surface area (Å²) in [6, 6.07) is 19.2. The number of aromatic carboxylic acids is 1. The number of pyridine rings is 1. The second-order valence-corrected chi connectivity index (χ2v) is 29.6. The Balaban J connectivity index is 0.661. The van der Waals surface area contributed by atoms with Crippen molar-refractivity contribution in [2.45, 2.75) is 128 Å². The number of carbonyl (C=O) groups excluding carboxylic acids is 6. The number of rotatable bonds is 28. The number of amides is 6. The van der Waals surface area contributed by atoms with Crippen LogP contribution in [0.4, 0.5) is 15.7 Å². The molecule has 9 N–H and O–H groups in total. The number of aliphatic hydroxyl groups excluding tert-OH is 3. The Morgan fingerprint density at radius 1 is 0.881 bits per heavy atom. The Hall–Kier alpha value is -9.48. The minimum absolute atomic E-state index is 0.0113. The van der Waals surface area contributed by atoms with Gasteiger partial charge in [-0.2, -0.15) is 13.5 Å². The molecule has 3 aromatic heterocycles. The second-order valence-electron chi connectivity index (χ2n) is 27.1. The third-order valence-corrected chi connectivity index (χ3v) is 22.1. The van der Waals surface area contributed by atoms with E-state index in [2.05, 4.69) is 34.8 Å². The number of thiazole rings is 1. The van der Waals surface area contributed by atoms with E-state index in [1.807, 2.05) is 59.0 Å². The summed E-state index contributed by atoms with van der Waals surface area (Å²) in [4.78, 5) is 116. The number of anilines is 2. The normalized spacial score (nSPS) is 25.1. The molecule has 33 heteroatoms. The number of nitrogens with zero attached hydrogens (tertiary/aromatic N) is 7. The number of fused-ring (bicyclic) bond motifs is 2. The molecule has 10 atom stereocenters. The average molecular weight is 1430 g/mol. The summed E-state index contributed by atoms with van der Waals surface area (Å²) in [6.07, 6.45) is -3.34. The Morgan fingerprint density at radius 3 is 2.38 bits per heavy atom. The summed E-state index contributed by atoms with van der Waals surface area (Å²) in [7, 11) is -3.28. The van der Waals surface area contributed by atoms with Gasteiger partial charge in [0, 0.05) is 98.9 Å². The first-order valence-electron chi connectivity index (χ1n) is 32.7. The standard InChI is InChI=1S/C68H76N10O21S2/c1-37-43(41-15-16-49(73-53(41)60(87)88)76-22-19-38-9-7-10-42(44(38)29-76)58(85)74-63-72-45-11-5-6-12-48(45)100-63)28-70-78(37)36-67-33-66(3)32-65(67,2)34-68(66,35-67)97-26-24-75(4)64(91)96-30-39-13-14-40(98-62-56(84)54(82)55(83)57(99-62)61(89)90)27-47(39)95-25-8-21-69-59(86)46(31-101(92,93)94)71-50(79)20-23-77-51(80)17-18-52(77)81/h5-7,9-18,27-28,46,54-57,62,82-84H,8,19-26,29-36H2,1-4H3,(H,69,86)(H,71,79)(H,87,88)(H,89,90)(H,72,74,85)(H,92,93,94)/t46-,54-,55-,56+,57-,62+,65?,66?,67?,68?/m0/s1. The fourth-order valence-corrected chi connectivity index (χ4v) is 16.9. The molecule has 13 rings (SSSR count). The van der Waals surface area contributed by atoms with Crippen LogP contribution in [-0.2, 0) is 74.4 Å². The fraction of sp³-hybridized carbons (Fsp3) is 0.456. The Bertz CT molecular complexity index is 4400. The molecule has 7 aliphatic rings. The smallest absolute Gasteiger partial charge is 0.409 e. The van der Waals surface area contributed by atoms with Crippen LogP contribution in [-0.4, -0.2) is 210 Å². The van der Waals surface area contributed by atoms with Gasteiger partial charge in [-0.15, -0.1) is 0 Å². The number of carboxylic acids is 2. The molecule has 3 aromatic carbocycles. The molecule has 0 spiro atoms. The number of carboxylic acid groups (broad SMARTS) is 2. The molecular formula is C68H76N10O21S2. The van der Waals surface area contributed by atoms with Gasteiger partial charge < -0.3 is 69.7 Å². The molecule has 101 heavy (non-hydrogen) atoms. The number of para-hydroxylation sites is 1. The van der Waals surface area contributed by atoms with Gasteiger partial charge in [-0.1, -0.05) is 49.4 Å². The van der Waals surface area contributed by atoms with Crippen molar-refractivity contribution in [3.63, 3.8) is 0 Å². The maximum Gasteiger partial charge on any atom is 0.409 e. The van der Waals surface area contributed by atoms with Crippen LogP contribution in [0.5, 0.6) is 11.5 Å². The number of nitrogens with one attached hydrogen (secondary N) is 3. The first-order valence-corrected chi connectivity index (χ1v) is 35.1. The number of carbonyl (C=O) groups is 8. The number of hydrogen-bond donors (Lipinski definition) is 9. The topological polar surface area (TPSA) is 428 Å². The number of likely N-dealkylation sites (N-methyl/N-ethyl adjacent to an activating group) is 1. The number of hydrogen-bond acceptors (Lipinski definition) is 23. The van der Waals surface area contributed by atoms with Crippen molar-refractivity contribution < 1.29 is 101 Å². The van der Waals surface area contributed by atoms with Gasteiger partial charge >= 0.3 is 18.0 Å². The van der Waals surface area contributed by atoms with E-state index in [0.29, 0.717) is 53.7 Å². The van der Waals surface area contributed by atoms with Crippen LogP contribution in [0.15, 0.2) is 91.1 Å². The lowest BCUT2D eigenvalue weighted by Gasteiger charge is -2.38. The monoisotopic (exact) mass is 1430 g/mol. The molecule has 4 aliphatic carbocycles. The molecule has 6 heterocycles. The highest BCUT2D eigenvalue weighted by Crippen LogP contribution is 2.84. The van der Waals surface area contributed by atoms with Gasteiger partial charge in [-0.05, 0) is 115 Å². The number of aromatic nitrogens is 4. The van der Waals surface area contributed by atoms with Gasteiger partial charge in [0.1, 0.15) is 54.0 Å². The van der Waals surface area contributed by atoms with Gasteiger partial charge in [-0.25, -0.2) is 24.4 Å². The van der Waals surface area contributed by atoms with Crippen molar-refractivity contribution in [2.75, 3.05) is 62.4 Å². The van der Waals surface area contributed by atoms with Gasteiger partial charge in [0.05, 0.1) is 35.2 Å². The number of benzene rings is 3. The Kier molecular flexibility index (Phi) is 19.9. The maximum absolute atomic E-state index is 13.8. The number of imide groups is 1. The minimum atomic E-state index is -4.82. The third-order valence-electron chi connectivity index (χ3n) is 20.4. The Morgan fingerprint density at radius 2 is 1.65 bits per heavy atom. The molecule has 31 nitrogen and oxygen atoms in total. The van der Waals surface area contributed by atoms with Crippen LogP contribution in [0.2, 0.25) is 0 Å². The zero-order chi connectivity index (χ0) is 72.1. The van der Waals surface area contributed by atoms with E-state index in [4.69, 9.17) is 33.8 Å². The van der Waals surface area contributed by atoms with Gasteiger partial charge in [0.2, 0.25) is 18.1 Å². The molecule has 536 valence electrons. The molecule has 4 bridgehead atoms. The van der Waals surface area contributed by atoms with E-state index < -0.39 is 106 Å². The third kappa shape index (κ3) is 14.5. The highest BCUT2D eigenvalue weighted by atomic mass is 32.2. The van der Waals surface area contributed by atoms with Crippen molar-refractivity contribution in [1.82, 2.24) is 40.2 Å². The lowest BCUT2D eigenvalue weighted by Crippen LogP contribution is -2.61. The fourth-order valence-electron chi connectivity index (χ4n) is 15.4. The second kappa shape index (κ2) is 28.2. The summed E-state index contributed by atoms with van der Waals surface area (Å²) in [5.41, 5.74) is 4.02. The van der Waals surface area contributed by atoms with Crippen LogP contribution in [0.3, 0.4) is 0 Å². The van der Waals surface area contributed by atoms with E-state index in [9.17, 15) is 76.9 Å². The maximum atomic E-state index is 13.8. The summed E-state index contributed by atoms with van der Waals surface area (Å²) in [6.45, 7) is 7.05. The predicted octanol–water partition coefficient (Wildman–Crippen LogP) is 3.84. The minimum Gasteiger partial charge on any atom is -0.493 e. The van der Waals surface area contributed by atoms with E-state index >= 15 is 0 Å². The van der Waals surface area contributed by atoms with Crippen molar-refractivity contribution in [3.05, 3.63) is 125 Å². The van der Waals surface area contributed by atoms with Crippen LogP contribution in [0.1, 0.15) is 95.6 Å². The highest BCUT2D eigenvalue weighted by molar-refractivity contribution is 7.85. The molecule has 3 aliphatic heterocycles. The molecule has 6 aromatic rings. The largest absolute Gasteiger partial charge is 0.493 e. The van der Waals surface area contributed by atoms with E-state index in [1.165, 1.54) is 34.4 Å². The van der Waals surface area contributed by atoms with Crippen LogP contribution in [0, 0.1) is 23.2 Å². The quantitative estimate of drug-likeness (QED) is 0.0191. The highest BCUT2D eigenvalue weighted by Gasteiger charge is 2.81. The van der Waals surface area contributed by atoms with Crippen LogP contribution < -0.4 is 30.3 Å². The molecule has 1 saturated heterocycles. The zero-order valence-corrected chi connectivity index (χ0v) is 57.0. The summed E-state index contributed by atoms with van der Waals surface area (Å²) in [5.74, 6) is -7.21. The molecule has 5 fully saturated rings. The number of ether oxygens (including phenoxy) is 5. The van der Waals surface area contributed by atoms with Gasteiger partial charge in [0.15, 0.2) is 16.9 Å². The number of aliphatic hydroxyl groups is 3. The van der Waals surface area contributed by atoms with Crippen molar-refractivity contribution in [1.29, 1.82) is 0 Å². The summed E-state index contributed by atoms with van der Waals surface area (Å²) < 4.78 is 65.9. The molecular weight excluding hydrogens is 1360 g/mol. The first-order chi connectivity index (χ1) is 48.0. The molecule has 4 unspecified atom stereocenters. The van der Waals surface area contributed by atoms with Crippen molar-refractivity contribution >= 4 is 90.2 Å². The van der Waals surface area contributed by atoms with Gasteiger partial charge in [0.25, 0.3) is 27.8 Å². The molecule has 6 amide bonds. The van der Waals surface area contributed by atoms with E-state index in [0.717, 1.165) is 69.8 Å². The van der Waals surface area contributed by atoms with Crippen molar-refractivity contribution in [2.24, 2.45) is 16.2 Å². The zero-order valence-electron chi connectivity index (χ0n) is 55.4.